The summed E-state index contributed by atoms with van der Waals surface area (Å²) >= 11 is 0. The van der Waals surface area contributed by atoms with E-state index in [-0.39, 0.29) is 12.5 Å². The Morgan fingerprint density at radius 2 is 2.00 bits per heavy atom. The van der Waals surface area contributed by atoms with Gasteiger partial charge in [-0.1, -0.05) is 39.0 Å². The Kier molecular flexibility index (Phi) is 10.8. The number of nitrogens with zero attached hydrogens (tertiary/aromatic N) is 2. The molecule has 186 valence electrons. The number of carbonyl (C=O) groups is 1. The van der Waals surface area contributed by atoms with Gasteiger partial charge < -0.3 is 26.5 Å². The van der Waals surface area contributed by atoms with Crippen molar-refractivity contribution in [3.05, 3.63) is 65.4 Å². The largest absolute Gasteiger partial charge is 0.484 e. The molecular formula is C25H39N7O2. The van der Waals surface area contributed by atoms with E-state index in [9.17, 15) is 4.79 Å². The highest BCUT2D eigenvalue weighted by Crippen LogP contribution is 2.31. The molecule has 0 spiro atoms. The Morgan fingerprint density at radius 1 is 1.26 bits per heavy atom. The summed E-state index contributed by atoms with van der Waals surface area (Å²) in [7, 11) is 3.66. The van der Waals surface area contributed by atoms with Crippen molar-refractivity contribution in [2.24, 2.45) is 17.6 Å². The van der Waals surface area contributed by atoms with Crippen LogP contribution in [0.25, 0.3) is 12.3 Å². The summed E-state index contributed by atoms with van der Waals surface area (Å²) in [5, 5.41) is 14.3. The molecule has 0 aromatic carbocycles. The van der Waals surface area contributed by atoms with E-state index in [2.05, 4.69) is 46.3 Å². The molecule has 1 fully saturated rings. The number of aromatic nitrogens is 3. The molecule has 1 saturated carbocycles. The van der Waals surface area contributed by atoms with Gasteiger partial charge in [0.25, 0.3) is 5.91 Å². The first kappa shape index (κ1) is 26.6. The van der Waals surface area contributed by atoms with Crippen LogP contribution in [0.3, 0.4) is 0 Å². The molecule has 2 aliphatic rings. The van der Waals surface area contributed by atoms with Crippen molar-refractivity contribution in [3.8, 4) is 0 Å². The first-order valence-corrected chi connectivity index (χ1v) is 11.6. The van der Waals surface area contributed by atoms with Crippen LogP contribution >= 0.6 is 0 Å². The maximum absolute atomic E-state index is 11.1. The van der Waals surface area contributed by atoms with Crippen LogP contribution in [0.5, 0.6) is 0 Å². The number of nitrogens with two attached hydrogens (primary N) is 1. The van der Waals surface area contributed by atoms with Gasteiger partial charge in [0, 0.05) is 50.2 Å². The lowest BCUT2D eigenvalue weighted by Crippen LogP contribution is -2.42. The molecule has 0 saturated heterocycles. The molecule has 9 heteroatoms. The molecule has 34 heavy (non-hydrogen) atoms. The molecule has 0 bridgehead atoms. The monoisotopic (exact) mass is 469 g/mol. The second-order valence-electron chi connectivity index (χ2n) is 8.40. The molecule has 1 amide bonds. The van der Waals surface area contributed by atoms with Crippen molar-refractivity contribution < 1.29 is 9.53 Å². The predicted molar refractivity (Wildman–Crippen MR) is 137 cm³/mol. The maximum Gasteiger partial charge on any atom is 0.258 e. The van der Waals surface area contributed by atoms with E-state index in [0.29, 0.717) is 18.2 Å². The zero-order chi connectivity index (χ0) is 24.9. The second-order valence-corrected chi connectivity index (χ2v) is 8.40. The molecule has 0 unspecified atom stereocenters. The van der Waals surface area contributed by atoms with Crippen molar-refractivity contribution in [2.45, 2.75) is 32.6 Å². The number of hydrogen-bond donors (Lipinski definition) is 5. The fourth-order valence-corrected chi connectivity index (χ4v) is 3.81. The fourth-order valence-electron chi connectivity index (χ4n) is 3.81. The lowest BCUT2D eigenvalue weighted by atomic mass is 9.81. The number of hydrogen-bond acceptors (Lipinski definition) is 6. The molecule has 9 nitrogen and oxygen atoms in total. The molecule has 3 rings (SSSR count). The van der Waals surface area contributed by atoms with Gasteiger partial charge in [0.1, 0.15) is 12.1 Å². The minimum absolute atomic E-state index is 0.0141. The number of allylic oxidation sites excluding steroid dienone is 2. The molecule has 1 aliphatic carbocycles. The number of likely N-dealkylation sites (N-methyl/N-ethyl adjacent to an activating group) is 1. The van der Waals surface area contributed by atoms with E-state index in [1.165, 1.54) is 12.8 Å². The molecule has 2 heterocycles. The summed E-state index contributed by atoms with van der Waals surface area (Å²) in [4.78, 5) is 11.1. The summed E-state index contributed by atoms with van der Waals surface area (Å²) in [6, 6.07) is 1.90. The number of amides is 1. The number of aromatic amines is 1. The van der Waals surface area contributed by atoms with Crippen LogP contribution < -0.4 is 32.4 Å². The normalized spacial score (nSPS) is 23.9. The SMILES string of the molecule is C=C1/C=C(NC)\C=C/CNC(=O)CO1.C=c1cc[nH]ncn(NC)/c1=C(\N)C1CCC(C)CC1. The predicted octanol–water partition coefficient (Wildman–Crippen LogP) is 1.12. The highest BCUT2D eigenvalue weighted by molar-refractivity contribution is 5.77. The zero-order valence-corrected chi connectivity index (χ0v) is 20.6. The van der Waals surface area contributed by atoms with Crippen molar-refractivity contribution >= 4 is 18.2 Å². The average Bonchev–Trinajstić information content (AvgIpc) is 2.82. The Labute approximate surface area is 201 Å². The highest BCUT2D eigenvalue weighted by Gasteiger charge is 2.21. The Bertz CT molecular complexity index is 1040. The van der Waals surface area contributed by atoms with Crippen LogP contribution in [0.1, 0.15) is 32.6 Å². The standard InChI is InChI=1S/C15H25N5.C10H14N2O2/c1-11-4-6-13(7-5-11)14(16)15-12(2)8-9-18-19-10-20(15)17-3;1-8-6-9(11-2)4-3-5-12-10(13)7-14-8/h8-11,13,17-18H,2,4-7,16H2,1,3H3;3-4,6,11H,1,5,7H2,2H3,(H,12,13)/b9-8?,15-14-,19-10?;4-3-,9-6+. The van der Waals surface area contributed by atoms with Crippen molar-refractivity contribution in [2.75, 3.05) is 32.7 Å². The number of rotatable bonds is 3. The number of nitrogens with one attached hydrogen (secondary N) is 4. The third-order valence-electron chi connectivity index (χ3n) is 5.83. The van der Waals surface area contributed by atoms with Crippen LogP contribution in [0.15, 0.2) is 54.9 Å². The number of ether oxygens (including phenoxy) is 1. The van der Waals surface area contributed by atoms with E-state index in [4.69, 9.17) is 10.5 Å². The van der Waals surface area contributed by atoms with Gasteiger partial charge in [0.2, 0.25) is 0 Å². The smallest absolute Gasteiger partial charge is 0.258 e. The second kappa shape index (κ2) is 13.8. The summed E-state index contributed by atoms with van der Waals surface area (Å²) in [6.07, 6.45) is 13.7. The van der Waals surface area contributed by atoms with Gasteiger partial charge in [-0.05, 0) is 36.1 Å². The van der Waals surface area contributed by atoms with Gasteiger partial charge in [0.15, 0.2) is 6.61 Å². The lowest BCUT2D eigenvalue weighted by Gasteiger charge is -2.26. The third-order valence-corrected chi connectivity index (χ3v) is 5.83. The van der Waals surface area contributed by atoms with Gasteiger partial charge in [-0.15, -0.1) is 0 Å². The molecule has 1 aromatic rings. The third kappa shape index (κ3) is 8.38. The average molecular weight is 470 g/mol. The van der Waals surface area contributed by atoms with Gasteiger partial charge >= 0.3 is 0 Å². The minimum atomic E-state index is -0.142. The molecule has 1 aromatic heterocycles. The first-order valence-electron chi connectivity index (χ1n) is 11.6. The minimum Gasteiger partial charge on any atom is -0.484 e. The summed E-state index contributed by atoms with van der Waals surface area (Å²) < 4.78 is 6.93. The zero-order valence-electron chi connectivity index (χ0n) is 20.6. The van der Waals surface area contributed by atoms with Crippen LogP contribution in [0.2, 0.25) is 0 Å². The molecule has 6 N–H and O–H groups in total. The van der Waals surface area contributed by atoms with Crippen molar-refractivity contribution in [1.29, 1.82) is 0 Å². The summed E-state index contributed by atoms with van der Waals surface area (Å²) in [6.45, 7) is 10.6. The van der Waals surface area contributed by atoms with Crippen molar-refractivity contribution in [1.82, 2.24) is 25.5 Å². The van der Waals surface area contributed by atoms with Crippen molar-refractivity contribution in [3.63, 3.8) is 0 Å². The van der Waals surface area contributed by atoms with Gasteiger partial charge in [-0.2, -0.15) is 5.10 Å². The Hall–Kier alpha value is -3.62. The van der Waals surface area contributed by atoms with E-state index >= 15 is 0 Å². The lowest BCUT2D eigenvalue weighted by molar-refractivity contribution is -0.124. The molecule has 0 atom stereocenters. The maximum atomic E-state index is 11.1. The Balaban J connectivity index is 0.000000257. The van der Waals surface area contributed by atoms with Crippen LogP contribution in [-0.4, -0.2) is 48.0 Å². The quantitative estimate of drug-likeness (QED) is 0.452. The first-order chi connectivity index (χ1) is 16.3. The molecule has 1 aliphatic heterocycles. The van der Waals surface area contributed by atoms with Crippen LogP contribution in [-0.2, 0) is 9.53 Å². The number of carbonyl (C=O) groups excluding carboxylic acids is 1. The fraction of sp³-hybridized carbons (Fsp3) is 0.440. The topological polar surface area (TPSA) is 122 Å². The van der Waals surface area contributed by atoms with Gasteiger partial charge in [-0.25, -0.2) is 4.68 Å². The summed E-state index contributed by atoms with van der Waals surface area (Å²) in [5.74, 6) is 1.58. The molecule has 0 radical (unpaired) electrons. The van der Waals surface area contributed by atoms with Gasteiger partial charge in [0.05, 0.1) is 5.35 Å². The van der Waals surface area contributed by atoms with E-state index < -0.39 is 0 Å². The van der Waals surface area contributed by atoms with E-state index in [1.54, 1.807) is 18.6 Å². The van der Waals surface area contributed by atoms with E-state index in [0.717, 1.165) is 40.7 Å². The Morgan fingerprint density at radius 3 is 2.68 bits per heavy atom. The summed E-state index contributed by atoms with van der Waals surface area (Å²) in [5.41, 5.74) is 11.4. The van der Waals surface area contributed by atoms with Crippen LogP contribution in [0, 0.1) is 11.8 Å². The van der Waals surface area contributed by atoms with Crippen LogP contribution in [0.4, 0.5) is 0 Å². The molecular weight excluding hydrogens is 430 g/mol. The number of H-pyrrole nitrogens is 1. The van der Waals surface area contributed by atoms with Gasteiger partial charge in [-0.3, -0.25) is 9.89 Å². The van der Waals surface area contributed by atoms with E-state index in [1.807, 2.05) is 37.0 Å². The highest BCUT2D eigenvalue weighted by atomic mass is 16.5.